The molecule has 3 aliphatic heterocycles. The van der Waals surface area contributed by atoms with Crippen LogP contribution in [-0.2, 0) is 38.9 Å². The van der Waals surface area contributed by atoms with Crippen LogP contribution < -0.4 is 20.3 Å². The van der Waals surface area contributed by atoms with Crippen molar-refractivity contribution in [3.8, 4) is 0 Å². The molecular formula is C29H40N6O5S. The number of sulfonamides is 1. The highest BCUT2D eigenvalue weighted by atomic mass is 32.2. The predicted molar refractivity (Wildman–Crippen MR) is 157 cm³/mol. The maximum Gasteiger partial charge on any atom is 0.323 e. The molecule has 0 bridgehead atoms. The Kier molecular flexibility index (Phi) is 9.10. The summed E-state index contributed by atoms with van der Waals surface area (Å²) in [7, 11) is -2.14. The highest BCUT2D eigenvalue weighted by Crippen LogP contribution is 2.29. The summed E-state index contributed by atoms with van der Waals surface area (Å²) < 4.78 is 28.2. The molecule has 11 nitrogen and oxygen atoms in total. The van der Waals surface area contributed by atoms with Gasteiger partial charge in [-0.3, -0.25) is 9.59 Å². The number of pyridine rings is 1. The van der Waals surface area contributed by atoms with Crippen LogP contribution in [0.2, 0.25) is 0 Å². The smallest absolute Gasteiger partial charge is 0.323 e. The van der Waals surface area contributed by atoms with E-state index in [2.05, 4.69) is 32.4 Å². The number of carbonyl (C=O) groups excluding carboxylic acids is 1. The van der Waals surface area contributed by atoms with Crippen LogP contribution in [-0.4, -0.2) is 87.6 Å². The van der Waals surface area contributed by atoms with Gasteiger partial charge in [0.15, 0.2) is 0 Å². The van der Waals surface area contributed by atoms with E-state index in [-0.39, 0.29) is 23.3 Å². The number of rotatable bonds is 11. The molecule has 1 aromatic carbocycles. The normalized spacial score (nSPS) is 19.6. The zero-order valence-corrected chi connectivity index (χ0v) is 24.4. The van der Waals surface area contributed by atoms with E-state index in [9.17, 15) is 23.1 Å². The molecule has 1 amide bonds. The summed E-state index contributed by atoms with van der Waals surface area (Å²) in [5.74, 6) is -0.853. The van der Waals surface area contributed by atoms with Crippen molar-refractivity contribution in [1.29, 1.82) is 0 Å². The van der Waals surface area contributed by atoms with E-state index in [0.717, 1.165) is 87.5 Å². The minimum atomic E-state index is -4.08. The van der Waals surface area contributed by atoms with Crippen LogP contribution in [0, 0.1) is 5.92 Å². The summed E-state index contributed by atoms with van der Waals surface area (Å²) in [6.07, 6.45) is 6.32. The highest BCUT2D eigenvalue weighted by Gasteiger charge is 2.30. The first-order valence-electron chi connectivity index (χ1n) is 14.5. The van der Waals surface area contributed by atoms with Gasteiger partial charge < -0.3 is 25.5 Å². The lowest BCUT2D eigenvalue weighted by Gasteiger charge is -2.32. The average molecular weight is 585 g/mol. The summed E-state index contributed by atoms with van der Waals surface area (Å²) in [5, 5.41) is 15.8. The lowest BCUT2D eigenvalue weighted by atomic mass is 9.96. The van der Waals surface area contributed by atoms with Crippen molar-refractivity contribution in [1.82, 2.24) is 19.9 Å². The number of amides is 1. The number of aliphatic carboxylic acids is 1. The van der Waals surface area contributed by atoms with Gasteiger partial charge in [0.1, 0.15) is 11.9 Å². The second-order valence-electron chi connectivity index (χ2n) is 11.3. The molecule has 1 fully saturated rings. The summed E-state index contributed by atoms with van der Waals surface area (Å²) >= 11 is 0. The van der Waals surface area contributed by atoms with Crippen LogP contribution in [0.5, 0.6) is 0 Å². The van der Waals surface area contributed by atoms with Crippen LogP contribution in [0.3, 0.4) is 0 Å². The number of carbonyl (C=O) groups is 2. The standard InChI is InChI=1S/C29H40N6O5S/c1-34-16-12-21-17-24(10-11-26(21)34)41(39,40)33-25(29(37)38)18-31-28(36)22-6-3-14-35(19-22)15-4-7-23-9-8-20-5-2-13-30-27(20)32-23/h8-11,17,22,25,33H,2-7,12-16,18-19H2,1H3,(H,30,32)(H,31,36)(H,37,38)/t22-,25-/m1/s1. The quantitative estimate of drug-likeness (QED) is 0.310. The SMILES string of the molecule is CN1CCc2cc(S(=O)(=O)N[C@H](CNC(=O)[C@@H]3CCCN(CCCc4ccc5c(n4)NCCC5)C3)C(=O)O)ccc21. The minimum Gasteiger partial charge on any atom is -0.480 e. The van der Waals surface area contributed by atoms with Gasteiger partial charge in [-0.15, -0.1) is 0 Å². The maximum atomic E-state index is 13.0. The number of carboxylic acids is 1. The van der Waals surface area contributed by atoms with Gasteiger partial charge >= 0.3 is 5.97 Å². The number of likely N-dealkylation sites (N-methyl/N-ethyl adjacent to an activating group) is 1. The van der Waals surface area contributed by atoms with Crippen molar-refractivity contribution in [3.63, 3.8) is 0 Å². The number of nitrogens with one attached hydrogen (secondary N) is 3. The number of aryl methyl sites for hydroxylation is 2. The van der Waals surface area contributed by atoms with Crippen molar-refractivity contribution >= 4 is 33.4 Å². The third kappa shape index (κ3) is 7.17. The fourth-order valence-corrected chi connectivity index (χ4v) is 7.20. The van der Waals surface area contributed by atoms with E-state index < -0.39 is 22.0 Å². The molecule has 0 spiro atoms. The number of benzene rings is 1. The van der Waals surface area contributed by atoms with Crippen molar-refractivity contribution in [3.05, 3.63) is 47.2 Å². The average Bonchev–Trinajstić information content (AvgIpc) is 3.35. The van der Waals surface area contributed by atoms with Crippen LogP contribution in [0.1, 0.15) is 42.5 Å². The lowest BCUT2D eigenvalue weighted by molar-refractivity contribution is -0.139. The van der Waals surface area contributed by atoms with Gasteiger partial charge in [-0.05, 0) is 93.4 Å². The molecule has 3 aliphatic rings. The molecule has 0 radical (unpaired) electrons. The number of likely N-dealkylation sites (tertiary alicyclic amines) is 1. The Balaban J connectivity index is 1.10. The van der Waals surface area contributed by atoms with E-state index in [1.54, 1.807) is 12.1 Å². The second-order valence-corrected chi connectivity index (χ2v) is 13.0. The summed E-state index contributed by atoms with van der Waals surface area (Å²) in [4.78, 5) is 34.0. The van der Waals surface area contributed by atoms with Crippen LogP contribution >= 0.6 is 0 Å². The Morgan fingerprint density at radius 2 is 2.00 bits per heavy atom. The number of carboxylic acid groups (broad SMARTS) is 1. The molecule has 41 heavy (non-hydrogen) atoms. The Morgan fingerprint density at radius 3 is 2.83 bits per heavy atom. The fourth-order valence-electron chi connectivity index (χ4n) is 5.96. The molecule has 4 N–H and O–H groups in total. The number of aromatic nitrogens is 1. The van der Waals surface area contributed by atoms with Crippen LogP contribution in [0.4, 0.5) is 11.5 Å². The predicted octanol–water partition coefficient (Wildman–Crippen LogP) is 1.62. The number of anilines is 2. The molecular weight excluding hydrogens is 544 g/mol. The van der Waals surface area contributed by atoms with Gasteiger partial charge in [-0.2, -0.15) is 4.72 Å². The van der Waals surface area contributed by atoms with Gasteiger partial charge in [0.2, 0.25) is 15.9 Å². The summed E-state index contributed by atoms with van der Waals surface area (Å²) in [6.45, 7) is 3.80. The molecule has 2 aromatic rings. The lowest BCUT2D eigenvalue weighted by Crippen LogP contribution is -2.50. The molecule has 0 saturated carbocycles. The maximum absolute atomic E-state index is 13.0. The number of hydrogen-bond donors (Lipinski definition) is 4. The number of hydrogen-bond acceptors (Lipinski definition) is 8. The Hall–Kier alpha value is -3.22. The van der Waals surface area contributed by atoms with Crippen molar-refractivity contribution < 1.29 is 23.1 Å². The van der Waals surface area contributed by atoms with Gasteiger partial charge in [0, 0.05) is 44.6 Å². The Bertz CT molecular complexity index is 1380. The molecule has 0 aliphatic carbocycles. The van der Waals surface area contributed by atoms with Crippen molar-refractivity contribution in [2.45, 2.75) is 55.9 Å². The monoisotopic (exact) mass is 584 g/mol. The van der Waals surface area contributed by atoms with Gasteiger partial charge in [0.25, 0.3) is 0 Å². The molecule has 0 unspecified atom stereocenters. The van der Waals surface area contributed by atoms with E-state index in [1.807, 2.05) is 11.9 Å². The van der Waals surface area contributed by atoms with E-state index >= 15 is 0 Å². The zero-order valence-electron chi connectivity index (χ0n) is 23.6. The van der Waals surface area contributed by atoms with Gasteiger partial charge in [-0.25, -0.2) is 13.4 Å². The fraction of sp³-hybridized carbons (Fsp3) is 0.552. The first-order chi connectivity index (χ1) is 19.7. The van der Waals surface area contributed by atoms with Crippen molar-refractivity contribution in [2.24, 2.45) is 5.92 Å². The van der Waals surface area contributed by atoms with Crippen LogP contribution in [0.25, 0.3) is 0 Å². The van der Waals surface area contributed by atoms with E-state index in [4.69, 9.17) is 4.98 Å². The van der Waals surface area contributed by atoms with E-state index in [0.29, 0.717) is 13.0 Å². The summed E-state index contributed by atoms with van der Waals surface area (Å²) in [5.41, 5.74) is 4.23. The molecule has 5 rings (SSSR count). The largest absolute Gasteiger partial charge is 0.480 e. The first kappa shape index (κ1) is 29.3. The molecule has 4 heterocycles. The van der Waals surface area contributed by atoms with Crippen LogP contribution in [0.15, 0.2) is 35.2 Å². The molecule has 2 atom stereocenters. The zero-order chi connectivity index (χ0) is 29.0. The first-order valence-corrected chi connectivity index (χ1v) is 16.0. The second kappa shape index (κ2) is 12.7. The molecule has 1 saturated heterocycles. The number of nitrogens with zero attached hydrogens (tertiary/aromatic N) is 3. The van der Waals surface area contributed by atoms with Gasteiger partial charge in [0.05, 0.1) is 10.8 Å². The molecule has 12 heteroatoms. The number of fused-ring (bicyclic) bond motifs is 2. The highest BCUT2D eigenvalue weighted by molar-refractivity contribution is 7.89. The molecule has 1 aromatic heterocycles. The third-order valence-corrected chi connectivity index (χ3v) is 9.77. The Morgan fingerprint density at radius 1 is 1.15 bits per heavy atom. The third-order valence-electron chi connectivity index (χ3n) is 8.30. The number of piperidine rings is 1. The topological polar surface area (TPSA) is 144 Å². The molecule has 222 valence electrons. The van der Waals surface area contributed by atoms with Gasteiger partial charge in [-0.1, -0.05) is 6.07 Å². The Labute approximate surface area is 241 Å². The van der Waals surface area contributed by atoms with Crippen molar-refractivity contribution in [2.75, 3.05) is 56.5 Å². The summed E-state index contributed by atoms with van der Waals surface area (Å²) in [6, 6.07) is 7.61. The minimum absolute atomic E-state index is 0.0221. The van der Waals surface area contributed by atoms with E-state index in [1.165, 1.54) is 11.6 Å².